The summed E-state index contributed by atoms with van der Waals surface area (Å²) in [6.07, 6.45) is 0. The molecular formula is C16H22N2O. The van der Waals surface area contributed by atoms with E-state index in [1.165, 1.54) is 22.2 Å². The zero-order valence-electron chi connectivity index (χ0n) is 12.4. The fourth-order valence-corrected chi connectivity index (χ4v) is 2.58. The number of aromatic nitrogens is 1. The lowest BCUT2D eigenvalue weighted by Crippen LogP contribution is -2.30. The van der Waals surface area contributed by atoms with Gasteiger partial charge in [-0.15, -0.1) is 0 Å². The summed E-state index contributed by atoms with van der Waals surface area (Å²) in [6.45, 7) is 9.75. The maximum atomic E-state index is 12.4. The van der Waals surface area contributed by atoms with Crippen molar-refractivity contribution in [3.63, 3.8) is 0 Å². The summed E-state index contributed by atoms with van der Waals surface area (Å²) in [4.78, 5) is 14.2. The molecule has 1 aromatic heterocycles. The van der Waals surface area contributed by atoms with Crippen LogP contribution in [0.25, 0.3) is 10.9 Å². The standard InChI is InChI=1S/C16H22N2O/c1-6-18(7-2)16(19)13-8-9-15-14(10-13)11(3)12(4)17(15)5/h8-10H,6-7H2,1-5H3. The second-order valence-electron chi connectivity index (χ2n) is 4.98. The molecule has 3 nitrogen and oxygen atoms in total. The first-order valence-corrected chi connectivity index (χ1v) is 6.86. The van der Waals surface area contributed by atoms with Crippen LogP contribution in [0.3, 0.4) is 0 Å². The second-order valence-corrected chi connectivity index (χ2v) is 4.98. The van der Waals surface area contributed by atoms with Crippen molar-refractivity contribution in [1.82, 2.24) is 9.47 Å². The van der Waals surface area contributed by atoms with Crippen LogP contribution in [0.4, 0.5) is 0 Å². The van der Waals surface area contributed by atoms with Gasteiger partial charge in [-0.05, 0) is 51.5 Å². The van der Waals surface area contributed by atoms with Crippen LogP contribution in [0.2, 0.25) is 0 Å². The lowest BCUT2D eigenvalue weighted by Gasteiger charge is -2.18. The minimum atomic E-state index is 0.118. The van der Waals surface area contributed by atoms with Gasteiger partial charge in [0.2, 0.25) is 0 Å². The summed E-state index contributed by atoms with van der Waals surface area (Å²) in [5, 5.41) is 1.18. The molecule has 0 spiro atoms. The molecule has 2 aromatic rings. The third kappa shape index (κ3) is 2.14. The van der Waals surface area contributed by atoms with Crippen molar-refractivity contribution in [2.24, 2.45) is 7.05 Å². The number of fused-ring (bicyclic) bond motifs is 1. The number of carbonyl (C=O) groups excluding carboxylic acids is 1. The molecular weight excluding hydrogens is 236 g/mol. The molecule has 0 bridgehead atoms. The molecule has 3 heteroatoms. The van der Waals surface area contributed by atoms with Gasteiger partial charge < -0.3 is 9.47 Å². The number of amides is 1. The van der Waals surface area contributed by atoms with Gasteiger partial charge in [0.15, 0.2) is 0 Å². The van der Waals surface area contributed by atoms with Gasteiger partial charge in [0.05, 0.1) is 0 Å². The predicted molar refractivity (Wildman–Crippen MR) is 79.6 cm³/mol. The van der Waals surface area contributed by atoms with Crippen LogP contribution in [-0.4, -0.2) is 28.5 Å². The summed E-state index contributed by atoms with van der Waals surface area (Å²) in [5.41, 5.74) is 4.48. The van der Waals surface area contributed by atoms with Crippen molar-refractivity contribution in [3.05, 3.63) is 35.0 Å². The molecule has 0 aliphatic heterocycles. The maximum absolute atomic E-state index is 12.4. The molecule has 0 radical (unpaired) electrons. The molecule has 0 unspecified atom stereocenters. The minimum absolute atomic E-state index is 0.118. The zero-order chi connectivity index (χ0) is 14.2. The lowest BCUT2D eigenvalue weighted by molar-refractivity contribution is 0.0773. The Labute approximate surface area is 114 Å². The van der Waals surface area contributed by atoms with Crippen LogP contribution in [-0.2, 0) is 7.05 Å². The normalized spacial score (nSPS) is 11.0. The average molecular weight is 258 g/mol. The van der Waals surface area contributed by atoms with Crippen molar-refractivity contribution in [2.75, 3.05) is 13.1 Å². The highest BCUT2D eigenvalue weighted by molar-refractivity contribution is 5.99. The molecule has 0 N–H and O–H groups in total. The van der Waals surface area contributed by atoms with E-state index in [0.717, 1.165) is 18.7 Å². The second kappa shape index (κ2) is 5.08. The number of aryl methyl sites for hydroxylation is 2. The van der Waals surface area contributed by atoms with Crippen molar-refractivity contribution >= 4 is 16.8 Å². The smallest absolute Gasteiger partial charge is 0.253 e. The zero-order valence-corrected chi connectivity index (χ0v) is 12.4. The number of hydrogen-bond acceptors (Lipinski definition) is 1. The Morgan fingerprint density at radius 2 is 1.84 bits per heavy atom. The highest BCUT2D eigenvalue weighted by Gasteiger charge is 2.15. The van der Waals surface area contributed by atoms with Crippen molar-refractivity contribution in [1.29, 1.82) is 0 Å². The van der Waals surface area contributed by atoms with Gasteiger partial charge in [-0.25, -0.2) is 0 Å². The molecule has 0 saturated carbocycles. The summed E-state index contributed by atoms with van der Waals surface area (Å²) in [5.74, 6) is 0.118. The Morgan fingerprint density at radius 1 is 1.21 bits per heavy atom. The van der Waals surface area contributed by atoms with E-state index in [4.69, 9.17) is 0 Å². The number of nitrogens with zero attached hydrogens (tertiary/aromatic N) is 2. The Kier molecular flexibility index (Phi) is 3.65. The van der Waals surface area contributed by atoms with Crippen LogP contribution in [0.15, 0.2) is 18.2 Å². The summed E-state index contributed by atoms with van der Waals surface area (Å²) in [7, 11) is 2.07. The van der Waals surface area contributed by atoms with Gasteiger partial charge >= 0.3 is 0 Å². The summed E-state index contributed by atoms with van der Waals surface area (Å²) >= 11 is 0. The van der Waals surface area contributed by atoms with Gasteiger partial charge in [-0.3, -0.25) is 4.79 Å². The van der Waals surface area contributed by atoms with Gasteiger partial charge in [-0.2, -0.15) is 0 Å². The number of benzene rings is 1. The van der Waals surface area contributed by atoms with Gasteiger partial charge in [0.1, 0.15) is 0 Å². The third-order valence-electron chi connectivity index (χ3n) is 4.11. The highest BCUT2D eigenvalue weighted by Crippen LogP contribution is 2.25. The van der Waals surface area contributed by atoms with E-state index in [1.54, 1.807) is 0 Å². The van der Waals surface area contributed by atoms with Gasteiger partial charge in [0, 0.05) is 42.3 Å². The lowest BCUT2D eigenvalue weighted by atomic mass is 10.1. The van der Waals surface area contributed by atoms with Gasteiger partial charge in [0.25, 0.3) is 5.91 Å². The Balaban J connectivity index is 2.53. The molecule has 0 saturated heterocycles. The van der Waals surface area contributed by atoms with E-state index in [9.17, 15) is 4.79 Å². The van der Waals surface area contributed by atoms with Crippen LogP contribution in [0.5, 0.6) is 0 Å². The highest BCUT2D eigenvalue weighted by atomic mass is 16.2. The Hall–Kier alpha value is -1.77. The quantitative estimate of drug-likeness (QED) is 0.829. The fraction of sp³-hybridized carbons (Fsp3) is 0.438. The molecule has 19 heavy (non-hydrogen) atoms. The topological polar surface area (TPSA) is 25.2 Å². The minimum Gasteiger partial charge on any atom is -0.348 e. The molecule has 0 fully saturated rings. The summed E-state index contributed by atoms with van der Waals surface area (Å²) in [6, 6.07) is 6.01. The Morgan fingerprint density at radius 3 is 2.42 bits per heavy atom. The first kappa shape index (κ1) is 13.7. The fourth-order valence-electron chi connectivity index (χ4n) is 2.58. The average Bonchev–Trinajstić information content (AvgIpc) is 2.65. The van der Waals surface area contributed by atoms with Crippen molar-refractivity contribution < 1.29 is 4.79 Å². The molecule has 0 atom stereocenters. The van der Waals surface area contributed by atoms with E-state index in [1.807, 2.05) is 36.9 Å². The van der Waals surface area contributed by atoms with Gasteiger partial charge in [-0.1, -0.05) is 0 Å². The van der Waals surface area contributed by atoms with E-state index in [0.29, 0.717) is 0 Å². The Bertz CT molecular complexity index is 621. The summed E-state index contributed by atoms with van der Waals surface area (Å²) < 4.78 is 2.18. The molecule has 1 heterocycles. The van der Waals surface area contributed by atoms with E-state index < -0.39 is 0 Å². The van der Waals surface area contributed by atoms with Crippen LogP contribution >= 0.6 is 0 Å². The SMILES string of the molecule is CCN(CC)C(=O)c1ccc2c(c1)c(C)c(C)n2C. The largest absolute Gasteiger partial charge is 0.348 e. The van der Waals surface area contributed by atoms with Crippen LogP contribution in [0, 0.1) is 13.8 Å². The number of carbonyl (C=O) groups is 1. The molecule has 2 rings (SSSR count). The van der Waals surface area contributed by atoms with E-state index in [2.05, 4.69) is 25.5 Å². The maximum Gasteiger partial charge on any atom is 0.253 e. The van der Waals surface area contributed by atoms with Crippen LogP contribution < -0.4 is 0 Å². The molecule has 0 aliphatic rings. The van der Waals surface area contributed by atoms with E-state index in [-0.39, 0.29) is 5.91 Å². The first-order valence-electron chi connectivity index (χ1n) is 6.86. The molecule has 0 aliphatic carbocycles. The predicted octanol–water partition coefficient (Wildman–Crippen LogP) is 3.28. The van der Waals surface area contributed by atoms with Crippen molar-refractivity contribution in [2.45, 2.75) is 27.7 Å². The number of rotatable bonds is 3. The van der Waals surface area contributed by atoms with E-state index >= 15 is 0 Å². The number of hydrogen-bond donors (Lipinski definition) is 0. The first-order chi connectivity index (χ1) is 9.01. The molecule has 102 valence electrons. The van der Waals surface area contributed by atoms with Crippen LogP contribution in [0.1, 0.15) is 35.5 Å². The van der Waals surface area contributed by atoms with Crippen molar-refractivity contribution in [3.8, 4) is 0 Å². The monoisotopic (exact) mass is 258 g/mol. The third-order valence-corrected chi connectivity index (χ3v) is 4.11. The molecule has 1 aromatic carbocycles. The molecule has 1 amide bonds.